The van der Waals surface area contributed by atoms with Crippen molar-refractivity contribution in [1.29, 1.82) is 0 Å². The molecule has 1 nitrogen and oxygen atoms in total. The Morgan fingerprint density at radius 3 is 2.62 bits per heavy atom. The van der Waals surface area contributed by atoms with Crippen LogP contribution in [0.15, 0.2) is 6.20 Å². The minimum Gasteiger partial charge on any atom is -0.250 e. The van der Waals surface area contributed by atoms with Gasteiger partial charge in [0.15, 0.2) is 0 Å². The Morgan fingerprint density at radius 2 is 2.15 bits per heavy atom. The summed E-state index contributed by atoms with van der Waals surface area (Å²) >= 11 is 1.84. The summed E-state index contributed by atoms with van der Waals surface area (Å²) in [6.07, 6.45) is 4.64. The predicted molar refractivity (Wildman–Crippen MR) is 59.3 cm³/mol. The standard InChI is InChI=1S/C11H19NS/c1-5-6-8(2)9(3)11-7-12-10(4)13-11/h7-9H,5-6H2,1-4H3. The Kier molecular flexibility index (Phi) is 3.91. The highest BCUT2D eigenvalue weighted by Gasteiger charge is 2.15. The molecule has 2 heteroatoms. The third kappa shape index (κ3) is 2.80. The summed E-state index contributed by atoms with van der Waals surface area (Å²) in [6, 6.07) is 0. The van der Waals surface area contributed by atoms with Gasteiger partial charge < -0.3 is 0 Å². The highest BCUT2D eigenvalue weighted by molar-refractivity contribution is 7.11. The average molecular weight is 197 g/mol. The van der Waals surface area contributed by atoms with Gasteiger partial charge in [-0.3, -0.25) is 0 Å². The number of nitrogens with zero attached hydrogens (tertiary/aromatic N) is 1. The van der Waals surface area contributed by atoms with Gasteiger partial charge in [0.1, 0.15) is 0 Å². The van der Waals surface area contributed by atoms with Gasteiger partial charge in [-0.1, -0.05) is 33.6 Å². The Hall–Kier alpha value is -0.370. The van der Waals surface area contributed by atoms with Crippen LogP contribution in [0, 0.1) is 12.8 Å². The lowest BCUT2D eigenvalue weighted by atomic mass is 9.91. The molecule has 1 aromatic heterocycles. The molecular weight excluding hydrogens is 178 g/mol. The summed E-state index contributed by atoms with van der Waals surface area (Å²) in [5.41, 5.74) is 0. The summed E-state index contributed by atoms with van der Waals surface area (Å²) in [6.45, 7) is 8.98. The monoisotopic (exact) mass is 197 g/mol. The Morgan fingerprint density at radius 1 is 1.46 bits per heavy atom. The molecule has 0 amide bonds. The Balaban J connectivity index is 2.61. The molecule has 0 aliphatic carbocycles. The zero-order valence-corrected chi connectivity index (χ0v) is 9.82. The predicted octanol–water partition coefficient (Wildman–Crippen LogP) is 3.99. The molecule has 0 saturated heterocycles. The van der Waals surface area contributed by atoms with Gasteiger partial charge >= 0.3 is 0 Å². The van der Waals surface area contributed by atoms with Gasteiger partial charge in [0.05, 0.1) is 5.01 Å². The van der Waals surface area contributed by atoms with Crippen LogP contribution in [0.3, 0.4) is 0 Å². The normalized spacial score (nSPS) is 15.7. The van der Waals surface area contributed by atoms with E-state index in [4.69, 9.17) is 0 Å². The maximum Gasteiger partial charge on any atom is 0.0896 e. The molecular formula is C11H19NS. The van der Waals surface area contributed by atoms with Crippen LogP contribution < -0.4 is 0 Å². The number of aromatic nitrogens is 1. The van der Waals surface area contributed by atoms with Crippen LogP contribution in [0.2, 0.25) is 0 Å². The third-order valence-electron chi connectivity index (χ3n) is 2.69. The molecule has 0 radical (unpaired) electrons. The van der Waals surface area contributed by atoms with Gasteiger partial charge in [-0.15, -0.1) is 11.3 Å². The van der Waals surface area contributed by atoms with E-state index in [2.05, 4.69) is 32.7 Å². The van der Waals surface area contributed by atoms with Gasteiger partial charge in [0, 0.05) is 11.1 Å². The largest absolute Gasteiger partial charge is 0.250 e. The minimum absolute atomic E-state index is 0.672. The van der Waals surface area contributed by atoms with Crippen molar-refractivity contribution in [2.75, 3.05) is 0 Å². The summed E-state index contributed by atoms with van der Waals surface area (Å²) < 4.78 is 0. The quantitative estimate of drug-likeness (QED) is 0.711. The maximum atomic E-state index is 4.30. The third-order valence-corrected chi connectivity index (χ3v) is 3.80. The van der Waals surface area contributed by atoms with E-state index < -0.39 is 0 Å². The van der Waals surface area contributed by atoms with E-state index >= 15 is 0 Å². The molecule has 0 fully saturated rings. The fraction of sp³-hybridized carbons (Fsp3) is 0.727. The average Bonchev–Trinajstić information content (AvgIpc) is 2.51. The van der Waals surface area contributed by atoms with Gasteiger partial charge in [0.25, 0.3) is 0 Å². The molecule has 1 aromatic rings. The lowest BCUT2D eigenvalue weighted by Crippen LogP contribution is -2.03. The molecule has 2 unspecified atom stereocenters. The number of thiazole rings is 1. The van der Waals surface area contributed by atoms with E-state index in [1.165, 1.54) is 22.7 Å². The topological polar surface area (TPSA) is 12.9 Å². The lowest BCUT2D eigenvalue weighted by molar-refractivity contribution is 0.452. The van der Waals surface area contributed by atoms with Crippen LogP contribution in [0.5, 0.6) is 0 Å². The molecule has 0 bridgehead atoms. The number of rotatable bonds is 4. The van der Waals surface area contributed by atoms with Crippen molar-refractivity contribution < 1.29 is 0 Å². The van der Waals surface area contributed by atoms with Crippen molar-refractivity contribution in [3.8, 4) is 0 Å². The molecule has 0 aliphatic heterocycles. The summed E-state index contributed by atoms with van der Waals surface area (Å²) in [7, 11) is 0. The van der Waals surface area contributed by atoms with Crippen molar-refractivity contribution in [3.63, 3.8) is 0 Å². The minimum atomic E-state index is 0.672. The van der Waals surface area contributed by atoms with Crippen LogP contribution in [-0.4, -0.2) is 4.98 Å². The second kappa shape index (κ2) is 4.75. The van der Waals surface area contributed by atoms with Crippen molar-refractivity contribution >= 4 is 11.3 Å². The summed E-state index contributed by atoms with van der Waals surface area (Å²) in [5, 5.41) is 1.19. The number of hydrogen-bond donors (Lipinski definition) is 0. The van der Waals surface area contributed by atoms with E-state index in [0.29, 0.717) is 5.92 Å². The smallest absolute Gasteiger partial charge is 0.0896 e. The highest BCUT2D eigenvalue weighted by atomic mass is 32.1. The van der Waals surface area contributed by atoms with Crippen molar-refractivity contribution in [1.82, 2.24) is 4.98 Å². The number of hydrogen-bond acceptors (Lipinski definition) is 2. The van der Waals surface area contributed by atoms with E-state index in [0.717, 1.165) is 5.92 Å². The van der Waals surface area contributed by atoms with Crippen LogP contribution in [0.4, 0.5) is 0 Å². The molecule has 13 heavy (non-hydrogen) atoms. The first-order valence-corrected chi connectivity index (χ1v) is 5.89. The molecule has 0 N–H and O–H groups in total. The molecule has 74 valence electrons. The summed E-state index contributed by atoms with van der Waals surface area (Å²) in [5.74, 6) is 1.45. The Bertz CT molecular complexity index is 254. The van der Waals surface area contributed by atoms with Crippen molar-refractivity contribution in [2.45, 2.75) is 46.5 Å². The van der Waals surface area contributed by atoms with Gasteiger partial charge in [-0.2, -0.15) is 0 Å². The molecule has 0 spiro atoms. The molecule has 1 heterocycles. The first kappa shape index (κ1) is 10.7. The molecule has 0 aromatic carbocycles. The Labute approximate surface area is 85.2 Å². The first-order chi connectivity index (χ1) is 6.15. The zero-order valence-electron chi connectivity index (χ0n) is 9.00. The first-order valence-electron chi connectivity index (χ1n) is 5.07. The van der Waals surface area contributed by atoms with Crippen LogP contribution in [0.25, 0.3) is 0 Å². The highest BCUT2D eigenvalue weighted by Crippen LogP contribution is 2.30. The molecule has 1 rings (SSSR count). The molecule has 0 saturated carbocycles. The van der Waals surface area contributed by atoms with Gasteiger partial charge in [0.2, 0.25) is 0 Å². The molecule has 0 aliphatic rings. The fourth-order valence-corrected chi connectivity index (χ4v) is 2.54. The zero-order chi connectivity index (χ0) is 9.84. The van der Waals surface area contributed by atoms with E-state index in [-0.39, 0.29) is 0 Å². The van der Waals surface area contributed by atoms with Crippen LogP contribution >= 0.6 is 11.3 Å². The van der Waals surface area contributed by atoms with Crippen molar-refractivity contribution in [3.05, 3.63) is 16.1 Å². The fourth-order valence-electron chi connectivity index (χ4n) is 1.57. The maximum absolute atomic E-state index is 4.30. The molecule has 2 atom stereocenters. The SMILES string of the molecule is CCCC(C)C(C)c1cnc(C)s1. The van der Waals surface area contributed by atoms with Gasteiger partial charge in [-0.25, -0.2) is 4.98 Å². The van der Waals surface area contributed by atoms with Crippen LogP contribution in [-0.2, 0) is 0 Å². The summed E-state index contributed by atoms with van der Waals surface area (Å²) in [4.78, 5) is 5.74. The number of aryl methyl sites for hydroxylation is 1. The second-order valence-electron chi connectivity index (χ2n) is 3.84. The van der Waals surface area contributed by atoms with E-state index in [1.54, 1.807) is 0 Å². The lowest BCUT2D eigenvalue weighted by Gasteiger charge is -2.16. The van der Waals surface area contributed by atoms with E-state index in [1.807, 2.05) is 17.5 Å². The van der Waals surface area contributed by atoms with Gasteiger partial charge in [-0.05, 0) is 18.8 Å². The van der Waals surface area contributed by atoms with Crippen LogP contribution in [0.1, 0.15) is 49.4 Å². The van der Waals surface area contributed by atoms with E-state index in [9.17, 15) is 0 Å². The van der Waals surface area contributed by atoms with Crippen molar-refractivity contribution in [2.24, 2.45) is 5.92 Å². The second-order valence-corrected chi connectivity index (χ2v) is 5.10.